The fourth-order valence-electron chi connectivity index (χ4n) is 1.13. The van der Waals surface area contributed by atoms with Crippen molar-refractivity contribution < 1.29 is 50.9 Å². The number of hydrogen-bond donors (Lipinski definition) is 5. The fourth-order valence-corrected chi connectivity index (χ4v) is 2.11. The van der Waals surface area contributed by atoms with Crippen LogP contribution in [0.15, 0.2) is 12.3 Å². The van der Waals surface area contributed by atoms with E-state index in [0.29, 0.717) is 12.3 Å². The Kier molecular flexibility index (Phi) is 6.19. The number of pyridine rings is 1. The predicted octanol–water partition coefficient (Wildman–Crippen LogP) is 1.67. The molecule has 5 N–H and O–H groups in total. The van der Waals surface area contributed by atoms with Crippen LogP contribution >= 0.6 is 27.2 Å². The van der Waals surface area contributed by atoms with Gasteiger partial charge in [-0.15, -0.1) is 0 Å². The third kappa shape index (κ3) is 7.57. The van der Waals surface area contributed by atoms with Crippen LogP contribution < -0.4 is 5.32 Å². The van der Waals surface area contributed by atoms with Gasteiger partial charge in [0.05, 0.1) is 10.6 Å². The molecule has 0 aliphatic heterocycles. The number of alkyl halides is 3. The Morgan fingerprint density at radius 1 is 1.17 bits per heavy atom. The number of phosphoric acid groups is 2. The first-order valence-corrected chi connectivity index (χ1v) is 8.58. The Morgan fingerprint density at radius 2 is 1.65 bits per heavy atom. The lowest BCUT2D eigenvalue weighted by Crippen LogP contribution is -2.25. The van der Waals surface area contributed by atoms with E-state index >= 15 is 0 Å². The summed E-state index contributed by atoms with van der Waals surface area (Å²) in [5.74, 6) is -0.633. The van der Waals surface area contributed by atoms with E-state index in [1.165, 1.54) is 0 Å². The number of anilines is 1. The molecule has 0 spiro atoms. The van der Waals surface area contributed by atoms with Crippen LogP contribution in [0.1, 0.15) is 5.56 Å². The van der Waals surface area contributed by atoms with Crippen LogP contribution in [0.2, 0.25) is 5.02 Å². The van der Waals surface area contributed by atoms with Crippen molar-refractivity contribution in [2.24, 2.45) is 0 Å². The molecule has 0 aliphatic rings. The van der Waals surface area contributed by atoms with Gasteiger partial charge in [-0.05, 0) is 6.07 Å². The van der Waals surface area contributed by atoms with Gasteiger partial charge in [0.2, 0.25) is 0 Å². The minimum Gasteiger partial charge on any atom is -0.320 e. The Morgan fingerprint density at radius 3 is 2.00 bits per heavy atom. The molecule has 1 heterocycles. The van der Waals surface area contributed by atoms with Crippen LogP contribution in [0.3, 0.4) is 0 Å². The van der Waals surface area contributed by atoms with Gasteiger partial charge < -0.3 is 24.9 Å². The lowest BCUT2D eigenvalue weighted by molar-refractivity contribution is -0.137. The maximum atomic E-state index is 12.4. The van der Waals surface area contributed by atoms with Crippen molar-refractivity contribution in [2.45, 2.75) is 12.6 Å². The summed E-state index contributed by atoms with van der Waals surface area (Å²) < 4.78 is 66.4. The van der Waals surface area contributed by atoms with Gasteiger partial charge in [0.15, 0.2) is 0 Å². The lowest BCUT2D eigenvalue weighted by Gasteiger charge is -2.21. The van der Waals surface area contributed by atoms with E-state index in [4.69, 9.17) is 31.2 Å². The standard InChI is InChI=1S/C7H8ClF3N2O8P2/c8-4-1-3(7(9,10)11)2-12-5(4)13-6(20-22(14,15)16)21-23(17,18)19/h1-2,6H,(H,12,13)(H2,14,15,16)(H2,17,18,19). The molecule has 1 aromatic heterocycles. The van der Waals surface area contributed by atoms with E-state index in [-0.39, 0.29) is 0 Å². The third-order valence-electron chi connectivity index (χ3n) is 1.89. The largest absolute Gasteiger partial charge is 0.473 e. The second kappa shape index (κ2) is 7.01. The van der Waals surface area contributed by atoms with E-state index in [1.807, 2.05) is 0 Å². The molecule has 1 aromatic rings. The highest BCUT2D eigenvalue weighted by atomic mass is 35.5. The SMILES string of the molecule is O=P(O)(O)OC(Nc1ncc(C(F)(F)F)cc1Cl)OP(=O)(O)O. The first kappa shape index (κ1) is 20.3. The topological polar surface area (TPSA) is 158 Å². The van der Waals surface area contributed by atoms with Crippen LogP contribution in [-0.2, 0) is 24.4 Å². The summed E-state index contributed by atoms with van der Waals surface area (Å²) in [6, 6.07) is 0.420. The molecule has 0 aliphatic carbocycles. The number of halogens is 4. The molecule has 132 valence electrons. The number of nitrogens with zero attached hydrogens (tertiary/aromatic N) is 1. The zero-order valence-electron chi connectivity index (χ0n) is 10.5. The normalized spacial score (nSPS) is 13.4. The quantitative estimate of drug-likeness (QED) is 0.350. The monoisotopic (exact) mass is 402 g/mol. The predicted molar refractivity (Wildman–Crippen MR) is 67.9 cm³/mol. The minimum atomic E-state index is -5.28. The van der Waals surface area contributed by atoms with Gasteiger partial charge in [0.1, 0.15) is 5.82 Å². The van der Waals surface area contributed by atoms with E-state index < -0.39 is 44.6 Å². The molecule has 23 heavy (non-hydrogen) atoms. The van der Waals surface area contributed by atoms with Crippen LogP contribution in [0.4, 0.5) is 19.0 Å². The summed E-state index contributed by atoms with van der Waals surface area (Å²) in [6.45, 7) is 0. The lowest BCUT2D eigenvalue weighted by atomic mass is 10.3. The van der Waals surface area contributed by atoms with Gasteiger partial charge in [-0.25, -0.2) is 23.2 Å². The second-order valence-electron chi connectivity index (χ2n) is 3.72. The van der Waals surface area contributed by atoms with E-state index in [0.717, 1.165) is 0 Å². The van der Waals surface area contributed by atoms with Gasteiger partial charge in [0, 0.05) is 6.20 Å². The molecule has 0 fully saturated rings. The molecule has 0 radical (unpaired) electrons. The van der Waals surface area contributed by atoms with Crippen molar-refractivity contribution in [3.05, 3.63) is 22.8 Å². The van der Waals surface area contributed by atoms with Gasteiger partial charge in [-0.2, -0.15) is 13.2 Å². The van der Waals surface area contributed by atoms with Crippen LogP contribution in [0, 0.1) is 0 Å². The Bertz CT molecular complexity index is 638. The molecule has 1 rings (SSSR count). The van der Waals surface area contributed by atoms with E-state index in [1.54, 1.807) is 5.32 Å². The molecule has 10 nitrogen and oxygen atoms in total. The fraction of sp³-hybridized carbons (Fsp3) is 0.286. The Labute approximate surface area is 130 Å². The van der Waals surface area contributed by atoms with Crippen molar-refractivity contribution in [3.8, 4) is 0 Å². The molecule has 16 heteroatoms. The second-order valence-corrected chi connectivity index (χ2v) is 6.51. The van der Waals surface area contributed by atoms with Crippen molar-refractivity contribution >= 4 is 33.1 Å². The molecular weight excluding hydrogens is 394 g/mol. The first-order valence-electron chi connectivity index (χ1n) is 5.14. The molecule has 0 aromatic carbocycles. The Hall–Kier alpha value is -0.750. The van der Waals surface area contributed by atoms with Crippen molar-refractivity contribution in [2.75, 3.05) is 5.32 Å². The minimum absolute atomic E-state index is 0.320. The molecule has 0 saturated heterocycles. The number of nitrogens with one attached hydrogen (secondary N) is 1. The number of phosphoric ester groups is 2. The number of hydrogen-bond acceptors (Lipinski definition) is 6. The number of aromatic nitrogens is 1. The van der Waals surface area contributed by atoms with Crippen molar-refractivity contribution in [1.82, 2.24) is 4.98 Å². The third-order valence-corrected chi connectivity index (χ3v) is 3.11. The van der Waals surface area contributed by atoms with Gasteiger partial charge in [0.25, 0.3) is 6.41 Å². The average molecular weight is 403 g/mol. The number of rotatable bonds is 6. The van der Waals surface area contributed by atoms with Gasteiger partial charge in [-0.1, -0.05) is 11.6 Å². The molecular formula is C7H8ClF3N2O8P2. The van der Waals surface area contributed by atoms with E-state index in [9.17, 15) is 22.3 Å². The summed E-state index contributed by atoms with van der Waals surface area (Å²) in [5, 5.41) is 1.13. The average Bonchev–Trinajstić information content (AvgIpc) is 2.25. The van der Waals surface area contributed by atoms with Gasteiger partial charge in [-0.3, -0.25) is 0 Å². The van der Waals surface area contributed by atoms with Gasteiger partial charge >= 0.3 is 21.8 Å². The highest BCUT2D eigenvalue weighted by Gasteiger charge is 2.33. The zero-order chi connectivity index (χ0) is 18.1. The smallest absolute Gasteiger partial charge is 0.320 e. The summed E-state index contributed by atoms with van der Waals surface area (Å²) in [6.07, 6.45) is -6.88. The summed E-state index contributed by atoms with van der Waals surface area (Å²) in [7, 11) is -10.6. The Balaban J connectivity index is 3.04. The summed E-state index contributed by atoms with van der Waals surface area (Å²) in [4.78, 5) is 37.6. The van der Waals surface area contributed by atoms with E-state index in [2.05, 4.69) is 14.0 Å². The first-order chi connectivity index (χ1) is 10.2. The molecule has 0 bridgehead atoms. The molecule has 0 saturated carbocycles. The van der Waals surface area contributed by atoms with Crippen molar-refractivity contribution in [3.63, 3.8) is 0 Å². The summed E-state index contributed by atoms with van der Waals surface area (Å²) in [5.41, 5.74) is -1.23. The van der Waals surface area contributed by atoms with Crippen LogP contribution in [-0.4, -0.2) is 31.0 Å². The van der Waals surface area contributed by atoms with Crippen molar-refractivity contribution in [1.29, 1.82) is 0 Å². The molecule has 0 unspecified atom stereocenters. The summed E-state index contributed by atoms with van der Waals surface area (Å²) >= 11 is 5.50. The molecule has 0 amide bonds. The highest BCUT2D eigenvalue weighted by molar-refractivity contribution is 7.47. The highest BCUT2D eigenvalue weighted by Crippen LogP contribution is 2.44. The molecule has 0 atom stereocenters. The van der Waals surface area contributed by atoms with Crippen LogP contribution in [0.25, 0.3) is 0 Å². The maximum absolute atomic E-state index is 12.4. The maximum Gasteiger partial charge on any atom is 0.473 e. The zero-order valence-corrected chi connectivity index (χ0v) is 13.1. The van der Waals surface area contributed by atoms with Crippen LogP contribution in [0.5, 0.6) is 0 Å².